The Bertz CT molecular complexity index is 436. The SMILES string of the molecule is C/C(=C/CC1C=CC1)CCCCC(C)C.C/C(=C\C1CCC1)CCP.CC.O.[HH]. The summed E-state index contributed by atoms with van der Waals surface area (Å²) in [6.45, 7) is 13.2. The van der Waals surface area contributed by atoms with Crippen LogP contribution in [-0.4, -0.2) is 11.6 Å². The monoisotopic (exact) mass is 412 g/mol. The van der Waals surface area contributed by atoms with Gasteiger partial charge in [-0.05, 0) is 82.7 Å². The first kappa shape index (κ1) is 29.8. The van der Waals surface area contributed by atoms with Gasteiger partial charge in [0.05, 0.1) is 0 Å². The Hall–Kier alpha value is -0.390. The van der Waals surface area contributed by atoms with Crippen LogP contribution >= 0.6 is 9.24 Å². The van der Waals surface area contributed by atoms with Crippen molar-refractivity contribution in [3.05, 3.63) is 35.5 Å². The molecule has 0 saturated heterocycles. The Morgan fingerprint density at radius 1 is 1.11 bits per heavy atom. The molecule has 0 aromatic carbocycles. The maximum Gasteiger partial charge on any atom is 0 e. The molecule has 2 heteroatoms. The van der Waals surface area contributed by atoms with Crippen LogP contribution < -0.4 is 0 Å². The molecule has 2 unspecified atom stereocenters. The number of hydrogen-bond donors (Lipinski definition) is 0. The maximum absolute atomic E-state index is 2.78. The fraction of sp³-hybridized carbons (Fsp3) is 0.769. The van der Waals surface area contributed by atoms with Gasteiger partial charge in [0.2, 0.25) is 0 Å². The quantitative estimate of drug-likeness (QED) is 0.195. The Morgan fingerprint density at radius 3 is 2.18 bits per heavy atom. The van der Waals surface area contributed by atoms with E-state index < -0.39 is 0 Å². The van der Waals surface area contributed by atoms with Crippen LogP contribution in [-0.2, 0) is 0 Å². The van der Waals surface area contributed by atoms with Crippen molar-refractivity contribution in [2.24, 2.45) is 17.8 Å². The van der Waals surface area contributed by atoms with E-state index in [-0.39, 0.29) is 6.90 Å². The van der Waals surface area contributed by atoms with E-state index in [2.05, 4.69) is 61.2 Å². The zero-order valence-electron chi connectivity index (χ0n) is 19.9. The molecule has 0 radical (unpaired) electrons. The molecular formula is C26H53OP. The third-order valence-electron chi connectivity index (χ3n) is 5.43. The van der Waals surface area contributed by atoms with Crippen LogP contribution in [0.25, 0.3) is 0 Å². The lowest BCUT2D eigenvalue weighted by molar-refractivity contribution is 0.385. The number of hydrogen-bond acceptors (Lipinski definition) is 0. The highest BCUT2D eigenvalue weighted by atomic mass is 31.0. The topological polar surface area (TPSA) is 31.5 Å². The zero-order chi connectivity index (χ0) is 20.5. The zero-order valence-corrected chi connectivity index (χ0v) is 21.1. The van der Waals surface area contributed by atoms with Gasteiger partial charge in [-0.3, -0.25) is 0 Å². The smallest absolute Gasteiger partial charge is 0 e. The van der Waals surface area contributed by atoms with Crippen LogP contribution in [0.5, 0.6) is 0 Å². The van der Waals surface area contributed by atoms with Crippen molar-refractivity contribution < 1.29 is 6.90 Å². The van der Waals surface area contributed by atoms with E-state index in [9.17, 15) is 0 Å². The summed E-state index contributed by atoms with van der Waals surface area (Å²) in [5.74, 6) is 2.67. The average Bonchev–Trinajstić information content (AvgIpc) is 2.56. The molecular weight excluding hydrogens is 359 g/mol. The van der Waals surface area contributed by atoms with Crippen LogP contribution in [0, 0.1) is 17.8 Å². The van der Waals surface area contributed by atoms with Crippen LogP contribution in [0.4, 0.5) is 0 Å². The molecule has 0 bridgehead atoms. The van der Waals surface area contributed by atoms with Crippen molar-refractivity contribution in [3.63, 3.8) is 0 Å². The second kappa shape index (κ2) is 19.9. The number of unbranched alkanes of at least 4 members (excludes halogenated alkanes) is 1. The van der Waals surface area contributed by atoms with E-state index in [1.54, 1.807) is 11.1 Å². The molecule has 1 nitrogen and oxygen atoms in total. The molecule has 2 N–H and O–H groups in total. The maximum atomic E-state index is 2.78. The molecule has 2 atom stereocenters. The predicted molar refractivity (Wildman–Crippen MR) is 136 cm³/mol. The molecule has 2 rings (SSSR count). The Kier molecular flexibility index (Phi) is 21.2. The summed E-state index contributed by atoms with van der Waals surface area (Å²) in [7, 11) is 2.78. The molecule has 0 aromatic heterocycles. The molecule has 1 fully saturated rings. The van der Waals surface area contributed by atoms with E-state index in [0.717, 1.165) is 17.8 Å². The fourth-order valence-electron chi connectivity index (χ4n) is 3.23. The molecule has 28 heavy (non-hydrogen) atoms. The largest absolute Gasteiger partial charge is 0.412 e. The van der Waals surface area contributed by atoms with Crippen LogP contribution in [0.2, 0.25) is 0 Å². The van der Waals surface area contributed by atoms with Crippen molar-refractivity contribution in [1.82, 2.24) is 0 Å². The lowest BCUT2D eigenvalue weighted by atomic mass is 9.84. The Labute approximate surface area is 181 Å². The van der Waals surface area contributed by atoms with Crippen LogP contribution in [0.3, 0.4) is 0 Å². The minimum atomic E-state index is 0. The van der Waals surface area contributed by atoms with Gasteiger partial charge in [-0.1, -0.05) is 82.4 Å². The predicted octanol–water partition coefficient (Wildman–Crippen LogP) is 8.56. The van der Waals surface area contributed by atoms with E-state index in [0.29, 0.717) is 0 Å². The summed E-state index contributed by atoms with van der Waals surface area (Å²) in [5.41, 5.74) is 3.18. The van der Waals surface area contributed by atoms with Gasteiger partial charge in [0, 0.05) is 1.43 Å². The van der Waals surface area contributed by atoms with Crippen molar-refractivity contribution in [2.75, 3.05) is 6.16 Å². The lowest BCUT2D eigenvalue weighted by Crippen LogP contribution is -2.07. The van der Waals surface area contributed by atoms with Crippen molar-refractivity contribution >= 4 is 9.24 Å². The van der Waals surface area contributed by atoms with Gasteiger partial charge in [0.1, 0.15) is 0 Å². The third-order valence-corrected chi connectivity index (χ3v) is 5.72. The molecule has 0 aliphatic heterocycles. The molecule has 168 valence electrons. The third kappa shape index (κ3) is 16.6. The van der Waals surface area contributed by atoms with E-state index in [4.69, 9.17) is 0 Å². The minimum Gasteiger partial charge on any atom is -0.412 e. The highest BCUT2D eigenvalue weighted by Crippen LogP contribution is 2.29. The van der Waals surface area contributed by atoms with E-state index in [1.807, 2.05) is 13.8 Å². The van der Waals surface area contributed by atoms with Gasteiger partial charge in [-0.15, -0.1) is 9.24 Å². The van der Waals surface area contributed by atoms with Gasteiger partial charge in [-0.2, -0.15) is 0 Å². The first-order valence-corrected chi connectivity index (χ1v) is 12.5. The van der Waals surface area contributed by atoms with E-state index >= 15 is 0 Å². The molecule has 2 aliphatic rings. The van der Waals surface area contributed by atoms with Crippen molar-refractivity contribution in [2.45, 2.75) is 106 Å². The van der Waals surface area contributed by atoms with Gasteiger partial charge >= 0.3 is 0 Å². The summed E-state index contributed by atoms with van der Waals surface area (Å²) >= 11 is 0. The first-order chi connectivity index (χ1) is 13.0. The standard InChI is InChI=1S/C15H26.C9H17P.C2H6.H2O.H2/c1-13(2)7-4-5-8-14(3)11-12-15-9-6-10-15;1-8(5-6-10)7-9-3-2-4-9;1-2;;/h6,9,11,13,15H,4-5,7-8,10,12H2,1-3H3;7,9H,2-6,10H2,1H3;1-2H3;1H2;1H/b14-11-;8-7+;;;. The summed E-state index contributed by atoms with van der Waals surface area (Å²) in [4.78, 5) is 0. The number of rotatable bonds is 10. The van der Waals surface area contributed by atoms with Gasteiger partial charge in [0.25, 0.3) is 0 Å². The highest BCUT2D eigenvalue weighted by Gasteiger charge is 2.14. The highest BCUT2D eigenvalue weighted by molar-refractivity contribution is 7.16. The Morgan fingerprint density at radius 2 is 1.75 bits per heavy atom. The molecule has 0 heterocycles. The molecule has 0 spiro atoms. The van der Waals surface area contributed by atoms with Crippen LogP contribution in [0.1, 0.15) is 107 Å². The average molecular weight is 413 g/mol. The van der Waals surface area contributed by atoms with Gasteiger partial charge in [-0.25, -0.2) is 0 Å². The minimum absolute atomic E-state index is 0. The normalized spacial score (nSPS) is 18.8. The molecule has 0 aromatic rings. The molecule has 2 aliphatic carbocycles. The summed E-state index contributed by atoms with van der Waals surface area (Å²) in [6.07, 6.45) is 24.4. The van der Waals surface area contributed by atoms with Crippen molar-refractivity contribution in [1.29, 1.82) is 0 Å². The Balaban J connectivity index is -0.000000425. The molecule has 0 amide bonds. The van der Waals surface area contributed by atoms with Gasteiger partial charge < -0.3 is 5.48 Å². The summed E-state index contributed by atoms with van der Waals surface area (Å²) in [5, 5.41) is 0. The molecule has 1 saturated carbocycles. The van der Waals surface area contributed by atoms with E-state index in [1.165, 1.54) is 70.4 Å². The van der Waals surface area contributed by atoms with Gasteiger partial charge in [0.15, 0.2) is 0 Å². The second-order valence-corrected chi connectivity index (χ2v) is 9.17. The van der Waals surface area contributed by atoms with Crippen LogP contribution in [0.15, 0.2) is 35.5 Å². The van der Waals surface area contributed by atoms with Crippen molar-refractivity contribution in [3.8, 4) is 0 Å². The number of allylic oxidation sites excluding steroid dienone is 6. The fourth-order valence-corrected chi connectivity index (χ4v) is 3.69. The first-order valence-electron chi connectivity index (χ1n) is 11.7. The second-order valence-electron chi connectivity index (χ2n) is 8.59. The summed E-state index contributed by atoms with van der Waals surface area (Å²) < 4.78 is 0. The lowest BCUT2D eigenvalue weighted by Gasteiger charge is -2.22. The summed E-state index contributed by atoms with van der Waals surface area (Å²) in [6, 6.07) is 0.